The Balaban J connectivity index is 1.66. The molecule has 1 saturated carbocycles. The molecule has 0 radical (unpaired) electrons. The fourth-order valence-electron chi connectivity index (χ4n) is 4.03. The zero-order valence-corrected chi connectivity index (χ0v) is 13.6. The second-order valence-corrected chi connectivity index (χ2v) is 6.99. The van der Waals surface area contributed by atoms with Gasteiger partial charge in [-0.15, -0.1) is 0 Å². The monoisotopic (exact) mass is 292 g/mol. The van der Waals surface area contributed by atoms with Crippen LogP contribution in [-0.4, -0.2) is 0 Å². The largest absolute Gasteiger partial charge is 0.0622 e. The van der Waals surface area contributed by atoms with Crippen LogP contribution < -0.4 is 0 Å². The number of benzene rings is 2. The van der Waals surface area contributed by atoms with Crippen molar-refractivity contribution in [2.24, 2.45) is 11.8 Å². The number of hydrogen-bond donors (Lipinski definition) is 0. The van der Waals surface area contributed by atoms with Crippen molar-refractivity contribution in [1.29, 1.82) is 0 Å². The summed E-state index contributed by atoms with van der Waals surface area (Å²) in [6.45, 7) is 0. The predicted molar refractivity (Wildman–Crippen MR) is 95.0 cm³/mol. The SMILES string of the molecule is c1ccc(CC(Cc2ccccc2)CC2CCCCC2)cc1. The Morgan fingerprint density at radius 2 is 1.18 bits per heavy atom. The molecule has 0 heteroatoms. The van der Waals surface area contributed by atoms with E-state index in [-0.39, 0.29) is 0 Å². The van der Waals surface area contributed by atoms with Crippen molar-refractivity contribution in [1.82, 2.24) is 0 Å². The van der Waals surface area contributed by atoms with E-state index >= 15 is 0 Å². The van der Waals surface area contributed by atoms with E-state index in [1.54, 1.807) is 0 Å². The predicted octanol–water partition coefficient (Wildman–Crippen LogP) is 6.06. The standard InChI is InChI=1S/C22H28/c1-4-10-19(11-5-1)16-22(17-20-12-6-2-7-13-20)18-21-14-8-3-9-15-21/h1-2,4-7,10-13,21-22H,3,8-9,14-18H2. The first-order valence-electron chi connectivity index (χ1n) is 8.98. The minimum Gasteiger partial charge on any atom is -0.0622 e. The van der Waals surface area contributed by atoms with Gasteiger partial charge in [0.1, 0.15) is 0 Å². The van der Waals surface area contributed by atoms with Crippen LogP contribution in [0.15, 0.2) is 60.7 Å². The summed E-state index contributed by atoms with van der Waals surface area (Å²) in [6, 6.07) is 22.1. The van der Waals surface area contributed by atoms with Gasteiger partial charge < -0.3 is 0 Å². The van der Waals surface area contributed by atoms with Crippen molar-refractivity contribution in [3.63, 3.8) is 0 Å². The fourth-order valence-corrected chi connectivity index (χ4v) is 4.03. The molecule has 0 unspecified atom stereocenters. The van der Waals surface area contributed by atoms with Gasteiger partial charge in [0, 0.05) is 0 Å². The van der Waals surface area contributed by atoms with Crippen LogP contribution in [0.2, 0.25) is 0 Å². The zero-order valence-electron chi connectivity index (χ0n) is 13.6. The summed E-state index contributed by atoms with van der Waals surface area (Å²) < 4.78 is 0. The Kier molecular flexibility index (Phi) is 5.70. The first-order valence-corrected chi connectivity index (χ1v) is 8.98. The van der Waals surface area contributed by atoms with E-state index < -0.39 is 0 Å². The lowest BCUT2D eigenvalue weighted by Gasteiger charge is -2.27. The molecule has 1 fully saturated rings. The van der Waals surface area contributed by atoms with Crippen LogP contribution in [-0.2, 0) is 12.8 Å². The lowest BCUT2D eigenvalue weighted by atomic mass is 9.79. The van der Waals surface area contributed by atoms with Crippen LogP contribution in [0.4, 0.5) is 0 Å². The second-order valence-electron chi connectivity index (χ2n) is 6.99. The Labute approximate surface area is 135 Å². The molecule has 22 heavy (non-hydrogen) atoms. The van der Waals surface area contributed by atoms with Gasteiger partial charge in [0.2, 0.25) is 0 Å². The summed E-state index contributed by atoms with van der Waals surface area (Å²) >= 11 is 0. The lowest BCUT2D eigenvalue weighted by molar-refractivity contribution is 0.284. The highest BCUT2D eigenvalue weighted by molar-refractivity contribution is 5.18. The maximum absolute atomic E-state index is 2.29. The van der Waals surface area contributed by atoms with Gasteiger partial charge in [-0.3, -0.25) is 0 Å². The molecule has 0 nitrogen and oxygen atoms in total. The van der Waals surface area contributed by atoms with Gasteiger partial charge in [-0.05, 0) is 42.2 Å². The number of hydrogen-bond acceptors (Lipinski definition) is 0. The van der Waals surface area contributed by atoms with E-state index in [4.69, 9.17) is 0 Å². The Hall–Kier alpha value is -1.56. The van der Waals surface area contributed by atoms with Crippen LogP contribution in [0.5, 0.6) is 0 Å². The molecule has 1 aliphatic carbocycles. The molecule has 0 bridgehead atoms. The van der Waals surface area contributed by atoms with Crippen molar-refractivity contribution >= 4 is 0 Å². The third-order valence-electron chi connectivity index (χ3n) is 5.13. The van der Waals surface area contributed by atoms with Gasteiger partial charge in [0.15, 0.2) is 0 Å². The van der Waals surface area contributed by atoms with Gasteiger partial charge in [-0.2, -0.15) is 0 Å². The highest BCUT2D eigenvalue weighted by atomic mass is 14.2. The van der Waals surface area contributed by atoms with Crippen molar-refractivity contribution in [2.75, 3.05) is 0 Å². The van der Waals surface area contributed by atoms with Crippen LogP contribution in [0.25, 0.3) is 0 Å². The topological polar surface area (TPSA) is 0 Å². The van der Waals surface area contributed by atoms with Crippen LogP contribution in [0.1, 0.15) is 49.7 Å². The fraction of sp³-hybridized carbons (Fsp3) is 0.455. The molecule has 2 aromatic rings. The first-order chi connectivity index (χ1) is 10.9. The Morgan fingerprint density at radius 1 is 0.682 bits per heavy atom. The van der Waals surface area contributed by atoms with E-state index in [1.165, 1.54) is 62.5 Å². The van der Waals surface area contributed by atoms with Crippen LogP contribution in [0, 0.1) is 11.8 Å². The summed E-state index contributed by atoms with van der Waals surface area (Å²) in [6.07, 6.45) is 11.1. The zero-order chi connectivity index (χ0) is 15.0. The molecular weight excluding hydrogens is 264 g/mol. The summed E-state index contributed by atoms with van der Waals surface area (Å²) in [5.41, 5.74) is 3.00. The highest BCUT2D eigenvalue weighted by Gasteiger charge is 2.19. The first kappa shape index (κ1) is 15.3. The van der Waals surface area contributed by atoms with Gasteiger partial charge >= 0.3 is 0 Å². The Morgan fingerprint density at radius 3 is 1.68 bits per heavy atom. The van der Waals surface area contributed by atoms with Crippen molar-refractivity contribution in [2.45, 2.75) is 51.4 Å². The molecule has 0 aromatic heterocycles. The van der Waals surface area contributed by atoms with Crippen molar-refractivity contribution < 1.29 is 0 Å². The normalized spacial score (nSPS) is 16.0. The van der Waals surface area contributed by atoms with E-state index in [1.807, 2.05) is 0 Å². The van der Waals surface area contributed by atoms with E-state index in [2.05, 4.69) is 60.7 Å². The van der Waals surface area contributed by atoms with Crippen LogP contribution in [0.3, 0.4) is 0 Å². The van der Waals surface area contributed by atoms with Gasteiger partial charge in [0.05, 0.1) is 0 Å². The average molecular weight is 292 g/mol. The summed E-state index contributed by atoms with van der Waals surface area (Å²) in [7, 11) is 0. The van der Waals surface area contributed by atoms with Crippen molar-refractivity contribution in [3.05, 3.63) is 71.8 Å². The molecule has 116 valence electrons. The summed E-state index contributed by atoms with van der Waals surface area (Å²) in [5, 5.41) is 0. The summed E-state index contributed by atoms with van der Waals surface area (Å²) in [5.74, 6) is 1.75. The average Bonchev–Trinajstić information content (AvgIpc) is 2.57. The van der Waals surface area contributed by atoms with E-state index in [0.29, 0.717) is 0 Å². The van der Waals surface area contributed by atoms with Gasteiger partial charge in [-0.1, -0.05) is 92.8 Å². The molecule has 3 rings (SSSR count). The maximum atomic E-state index is 2.29. The lowest BCUT2D eigenvalue weighted by Crippen LogP contribution is -2.16. The minimum absolute atomic E-state index is 0.785. The van der Waals surface area contributed by atoms with Crippen molar-refractivity contribution in [3.8, 4) is 0 Å². The highest BCUT2D eigenvalue weighted by Crippen LogP contribution is 2.31. The summed E-state index contributed by atoms with van der Waals surface area (Å²) in [4.78, 5) is 0. The molecule has 1 aliphatic rings. The minimum atomic E-state index is 0.785. The van der Waals surface area contributed by atoms with Gasteiger partial charge in [0.25, 0.3) is 0 Å². The molecule has 0 atom stereocenters. The van der Waals surface area contributed by atoms with E-state index in [9.17, 15) is 0 Å². The Bertz CT molecular complexity index is 481. The molecule has 0 spiro atoms. The smallest absolute Gasteiger partial charge is 0.0247 e. The molecule has 0 N–H and O–H groups in total. The molecule has 0 amide bonds. The van der Waals surface area contributed by atoms with Gasteiger partial charge in [-0.25, -0.2) is 0 Å². The third-order valence-corrected chi connectivity index (χ3v) is 5.13. The molecule has 2 aromatic carbocycles. The molecular formula is C22H28. The molecule has 0 saturated heterocycles. The molecule has 0 aliphatic heterocycles. The van der Waals surface area contributed by atoms with E-state index in [0.717, 1.165) is 11.8 Å². The number of rotatable bonds is 6. The maximum Gasteiger partial charge on any atom is -0.0247 e. The third kappa shape index (κ3) is 4.73. The van der Waals surface area contributed by atoms with Crippen LogP contribution >= 0.6 is 0 Å². The second kappa shape index (κ2) is 8.17. The molecule has 0 heterocycles. The quantitative estimate of drug-likeness (QED) is 0.607.